The summed E-state index contributed by atoms with van der Waals surface area (Å²) in [4.78, 5) is 11.2. The van der Waals surface area contributed by atoms with Crippen LogP contribution in [0.25, 0.3) is 0 Å². The van der Waals surface area contributed by atoms with E-state index in [9.17, 15) is 9.90 Å². The molecule has 0 fully saturated rings. The molecule has 0 radical (unpaired) electrons. The Labute approximate surface area is 135 Å². The minimum atomic E-state index is -0.864. The summed E-state index contributed by atoms with van der Waals surface area (Å²) in [5, 5.41) is 9.22. The molecular weight excluding hydrogens is 272 g/mol. The van der Waals surface area contributed by atoms with Crippen LogP contribution in [0, 0.1) is 5.92 Å². The second kappa shape index (κ2) is 9.45. The molecule has 0 aliphatic heterocycles. The average Bonchev–Trinajstić information content (AvgIpc) is 2.45. The van der Waals surface area contributed by atoms with Crippen molar-refractivity contribution in [3.05, 3.63) is 47.1 Å². The van der Waals surface area contributed by atoms with Gasteiger partial charge in [-0.3, -0.25) is 0 Å². The Morgan fingerprint density at radius 1 is 1.00 bits per heavy atom. The van der Waals surface area contributed by atoms with E-state index in [2.05, 4.69) is 45.6 Å². The first-order chi connectivity index (χ1) is 10.4. The zero-order valence-electron chi connectivity index (χ0n) is 14.3. The zero-order chi connectivity index (χ0) is 16.5. The van der Waals surface area contributed by atoms with E-state index in [1.165, 1.54) is 16.7 Å². The highest BCUT2D eigenvalue weighted by atomic mass is 16.4. The van der Waals surface area contributed by atoms with Gasteiger partial charge >= 0.3 is 5.97 Å². The Morgan fingerprint density at radius 3 is 2.05 bits per heavy atom. The predicted molar refractivity (Wildman–Crippen MR) is 93.9 cm³/mol. The molecule has 1 atom stereocenters. The molecule has 1 aliphatic rings. The highest BCUT2D eigenvalue weighted by Crippen LogP contribution is 2.25. The number of allylic oxidation sites excluding steroid dienone is 6. The topological polar surface area (TPSA) is 37.3 Å². The maximum atomic E-state index is 11.2. The maximum absolute atomic E-state index is 11.2. The molecule has 0 amide bonds. The van der Waals surface area contributed by atoms with E-state index in [0.717, 1.165) is 44.9 Å². The van der Waals surface area contributed by atoms with Gasteiger partial charge < -0.3 is 5.11 Å². The van der Waals surface area contributed by atoms with Gasteiger partial charge in [0, 0.05) is 5.57 Å². The number of carbonyl (C=O) groups is 1. The molecule has 0 heterocycles. The van der Waals surface area contributed by atoms with E-state index >= 15 is 0 Å². The molecule has 0 bridgehead atoms. The largest absolute Gasteiger partial charge is 0.478 e. The van der Waals surface area contributed by atoms with Crippen molar-refractivity contribution >= 4 is 5.97 Å². The lowest BCUT2D eigenvalue weighted by molar-refractivity contribution is -0.133. The van der Waals surface area contributed by atoms with Crippen LogP contribution in [0.2, 0.25) is 0 Å². The van der Waals surface area contributed by atoms with Crippen LogP contribution in [-0.2, 0) is 4.79 Å². The summed E-state index contributed by atoms with van der Waals surface area (Å²) < 4.78 is 0. The third kappa shape index (κ3) is 6.93. The van der Waals surface area contributed by atoms with Crippen molar-refractivity contribution in [1.82, 2.24) is 0 Å². The van der Waals surface area contributed by atoms with Crippen molar-refractivity contribution in [1.29, 1.82) is 0 Å². The summed E-state index contributed by atoms with van der Waals surface area (Å²) in [6.45, 7) is 10.3. The van der Waals surface area contributed by atoms with Gasteiger partial charge in [-0.15, -0.1) is 0 Å². The van der Waals surface area contributed by atoms with Crippen LogP contribution < -0.4 is 0 Å². The van der Waals surface area contributed by atoms with Gasteiger partial charge in [-0.1, -0.05) is 41.5 Å². The zero-order valence-corrected chi connectivity index (χ0v) is 14.3. The Kier molecular flexibility index (Phi) is 7.94. The molecule has 0 aromatic heterocycles. The fourth-order valence-corrected chi connectivity index (χ4v) is 2.75. The molecule has 2 nitrogen and oxygen atoms in total. The predicted octanol–water partition coefficient (Wildman–Crippen LogP) is 5.83. The fraction of sp³-hybridized carbons (Fsp3) is 0.550. The van der Waals surface area contributed by atoms with E-state index in [-0.39, 0.29) is 5.92 Å². The van der Waals surface area contributed by atoms with Crippen LogP contribution in [0.3, 0.4) is 0 Å². The second-order valence-electron chi connectivity index (χ2n) is 6.53. The third-order valence-electron chi connectivity index (χ3n) is 4.47. The summed E-state index contributed by atoms with van der Waals surface area (Å²) in [5.74, 6) is -0.826. The summed E-state index contributed by atoms with van der Waals surface area (Å²) in [5.41, 5.74) is 4.51. The summed E-state index contributed by atoms with van der Waals surface area (Å²) in [7, 11) is 0. The van der Waals surface area contributed by atoms with Crippen molar-refractivity contribution in [3.8, 4) is 0 Å². The third-order valence-corrected chi connectivity index (χ3v) is 4.47. The van der Waals surface area contributed by atoms with Crippen molar-refractivity contribution in [2.45, 2.75) is 65.7 Å². The standard InChI is InChI=1S/C20H30O2/c1-15-7-5-9-16(2)11-13-19(18(4)20(21)22)14-12-17(3)10-6-8-15/h7,10-11,19H,4-6,8-9,12-14H2,1-3H3,(H,21,22)/b15-7?,16-11?,17-10+. The average molecular weight is 302 g/mol. The molecule has 122 valence electrons. The van der Waals surface area contributed by atoms with Crippen LogP contribution in [-0.4, -0.2) is 11.1 Å². The van der Waals surface area contributed by atoms with Gasteiger partial charge in [0.05, 0.1) is 0 Å². The minimum Gasteiger partial charge on any atom is -0.478 e. The molecule has 0 saturated heterocycles. The molecule has 1 N–H and O–H groups in total. The number of carboxylic acid groups (broad SMARTS) is 1. The Hall–Kier alpha value is -1.57. The van der Waals surface area contributed by atoms with Gasteiger partial charge in [0.15, 0.2) is 0 Å². The maximum Gasteiger partial charge on any atom is 0.331 e. The van der Waals surface area contributed by atoms with Crippen LogP contribution >= 0.6 is 0 Å². The van der Waals surface area contributed by atoms with Gasteiger partial charge in [-0.25, -0.2) is 4.79 Å². The van der Waals surface area contributed by atoms with Gasteiger partial charge in [-0.05, 0) is 71.6 Å². The first kappa shape index (κ1) is 18.5. The van der Waals surface area contributed by atoms with Crippen LogP contribution in [0.4, 0.5) is 0 Å². The molecular formula is C20H30O2. The number of aliphatic carboxylic acids is 1. The highest BCUT2D eigenvalue weighted by molar-refractivity contribution is 5.86. The Balaban J connectivity index is 2.87. The number of rotatable bonds is 2. The van der Waals surface area contributed by atoms with E-state index < -0.39 is 5.97 Å². The van der Waals surface area contributed by atoms with E-state index in [4.69, 9.17) is 0 Å². The monoisotopic (exact) mass is 302 g/mol. The molecule has 22 heavy (non-hydrogen) atoms. The SMILES string of the molecule is C=C(C(=O)O)C1CC=C(C)CCC=C(C)CC/C=C(\C)CC1. The second-order valence-corrected chi connectivity index (χ2v) is 6.53. The van der Waals surface area contributed by atoms with Crippen LogP contribution in [0.15, 0.2) is 47.1 Å². The van der Waals surface area contributed by atoms with Crippen molar-refractivity contribution < 1.29 is 9.90 Å². The number of hydrogen-bond acceptors (Lipinski definition) is 1. The van der Waals surface area contributed by atoms with Gasteiger partial charge in [-0.2, -0.15) is 0 Å². The first-order valence-corrected chi connectivity index (χ1v) is 8.29. The van der Waals surface area contributed by atoms with Crippen molar-refractivity contribution in [3.63, 3.8) is 0 Å². The molecule has 1 rings (SSSR count). The summed E-state index contributed by atoms with van der Waals surface area (Å²) in [6, 6.07) is 0. The smallest absolute Gasteiger partial charge is 0.331 e. The van der Waals surface area contributed by atoms with E-state index in [0.29, 0.717) is 5.57 Å². The van der Waals surface area contributed by atoms with Gasteiger partial charge in [0.25, 0.3) is 0 Å². The highest BCUT2D eigenvalue weighted by Gasteiger charge is 2.17. The Bertz CT molecular complexity index is 492. The van der Waals surface area contributed by atoms with Gasteiger partial charge in [0.2, 0.25) is 0 Å². The first-order valence-electron chi connectivity index (χ1n) is 8.29. The van der Waals surface area contributed by atoms with Crippen molar-refractivity contribution in [2.24, 2.45) is 5.92 Å². The molecule has 1 unspecified atom stereocenters. The van der Waals surface area contributed by atoms with Crippen molar-refractivity contribution in [2.75, 3.05) is 0 Å². The molecule has 0 saturated carbocycles. The molecule has 1 aliphatic carbocycles. The lowest BCUT2D eigenvalue weighted by atomic mass is 9.89. The number of hydrogen-bond donors (Lipinski definition) is 1. The van der Waals surface area contributed by atoms with E-state index in [1.54, 1.807) is 0 Å². The van der Waals surface area contributed by atoms with E-state index in [1.807, 2.05) is 0 Å². The molecule has 0 aromatic carbocycles. The quantitative estimate of drug-likeness (QED) is 0.515. The normalized spacial score (nSPS) is 24.3. The molecule has 0 spiro atoms. The molecule has 0 aromatic rings. The van der Waals surface area contributed by atoms with Gasteiger partial charge in [0.1, 0.15) is 0 Å². The minimum absolute atomic E-state index is 0.0380. The van der Waals surface area contributed by atoms with Crippen LogP contribution in [0.1, 0.15) is 65.7 Å². The summed E-state index contributed by atoms with van der Waals surface area (Å²) >= 11 is 0. The lowest BCUT2D eigenvalue weighted by Crippen LogP contribution is -2.11. The molecule has 2 heteroatoms. The fourth-order valence-electron chi connectivity index (χ4n) is 2.75. The lowest BCUT2D eigenvalue weighted by Gasteiger charge is -2.16. The summed E-state index contributed by atoms with van der Waals surface area (Å²) in [6.07, 6.45) is 13.8. The number of carboxylic acids is 1. The van der Waals surface area contributed by atoms with Crippen LogP contribution in [0.5, 0.6) is 0 Å². The Morgan fingerprint density at radius 2 is 1.50 bits per heavy atom.